The number of nitrogens with zero attached hydrogens (tertiary/aromatic N) is 1. The van der Waals surface area contributed by atoms with Crippen LogP contribution in [0.2, 0.25) is 0 Å². The molecule has 1 rings (SSSR count). The van der Waals surface area contributed by atoms with Crippen LogP contribution in [0.4, 0.5) is 5.69 Å². The Morgan fingerprint density at radius 2 is 1.70 bits per heavy atom. The fourth-order valence-electron chi connectivity index (χ4n) is 2.08. The van der Waals surface area contributed by atoms with Crippen LogP contribution in [0.5, 0.6) is 0 Å². The summed E-state index contributed by atoms with van der Waals surface area (Å²) in [7, 11) is 0. The van der Waals surface area contributed by atoms with Crippen molar-refractivity contribution in [2.45, 2.75) is 46.5 Å². The van der Waals surface area contributed by atoms with Crippen molar-refractivity contribution in [2.24, 2.45) is 5.92 Å². The average molecular weight is 277 g/mol. The van der Waals surface area contributed by atoms with Gasteiger partial charge in [0.2, 0.25) is 0 Å². The van der Waals surface area contributed by atoms with Gasteiger partial charge < -0.3 is 10.0 Å². The minimum atomic E-state index is -0.738. The summed E-state index contributed by atoms with van der Waals surface area (Å²) in [6.07, 6.45) is 1.26. The Hall–Kier alpha value is -1.51. The van der Waals surface area contributed by atoms with Crippen LogP contribution >= 0.6 is 0 Å². The number of carbonyl (C=O) groups is 1. The maximum Gasteiger partial charge on any atom is 0.305 e. The van der Waals surface area contributed by atoms with Crippen molar-refractivity contribution < 1.29 is 9.90 Å². The highest BCUT2D eigenvalue weighted by Gasteiger charge is 2.10. The van der Waals surface area contributed by atoms with E-state index in [0.29, 0.717) is 18.4 Å². The van der Waals surface area contributed by atoms with Crippen LogP contribution < -0.4 is 4.90 Å². The first-order valence-electron chi connectivity index (χ1n) is 7.47. The first kappa shape index (κ1) is 16.5. The van der Waals surface area contributed by atoms with Crippen LogP contribution in [-0.4, -0.2) is 24.2 Å². The lowest BCUT2D eigenvalue weighted by Gasteiger charge is -2.25. The third-order valence-corrected chi connectivity index (χ3v) is 3.50. The molecule has 0 unspecified atom stereocenters. The number of anilines is 1. The quantitative estimate of drug-likeness (QED) is 0.776. The molecule has 3 heteroatoms. The zero-order chi connectivity index (χ0) is 15.1. The third kappa shape index (κ3) is 5.64. The molecule has 3 nitrogen and oxygen atoms in total. The molecule has 0 saturated heterocycles. The Morgan fingerprint density at radius 3 is 2.15 bits per heavy atom. The van der Waals surface area contributed by atoms with Gasteiger partial charge in [-0.05, 0) is 36.0 Å². The largest absolute Gasteiger partial charge is 0.481 e. The minimum Gasteiger partial charge on any atom is -0.481 e. The van der Waals surface area contributed by atoms with Gasteiger partial charge in [0, 0.05) is 18.8 Å². The highest BCUT2D eigenvalue weighted by Crippen LogP contribution is 2.21. The second kappa shape index (κ2) is 7.93. The highest BCUT2D eigenvalue weighted by atomic mass is 16.4. The van der Waals surface area contributed by atoms with E-state index < -0.39 is 5.97 Å². The molecule has 0 bridgehead atoms. The summed E-state index contributed by atoms with van der Waals surface area (Å²) in [4.78, 5) is 13.0. The Labute approximate surface area is 122 Å². The number of hydrogen-bond acceptors (Lipinski definition) is 2. The lowest BCUT2D eigenvalue weighted by Crippen LogP contribution is -2.28. The molecule has 0 radical (unpaired) electrons. The van der Waals surface area contributed by atoms with Gasteiger partial charge in [-0.3, -0.25) is 4.79 Å². The third-order valence-electron chi connectivity index (χ3n) is 3.50. The lowest BCUT2D eigenvalue weighted by atomic mass is 10.0. The first-order chi connectivity index (χ1) is 9.40. The molecule has 0 aromatic heterocycles. The summed E-state index contributed by atoms with van der Waals surface area (Å²) >= 11 is 0. The summed E-state index contributed by atoms with van der Waals surface area (Å²) < 4.78 is 0. The van der Waals surface area contributed by atoms with Crippen molar-refractivity contribution in [1.29, 1.82) is 0 Å². The summed E-state index contributed by atoms with van der Waals surface area (Å²) in [6.45, 7) is 10.2. The molecule has 0 aliphatic rings. The molecule has 0 spiro atoms. The molecule has 1 aromatic carbocycles. The van der Waals surface area contributed by atoms with E-state index in [1.807, 2.05) is 0 Å². The number of aliphatic carboxylic acids is 1. The zero-order valence-electron chi connectivity index (χ0n) is 13.1. The summed E-state index contributed by atoms with van der Waals surface area (Å²) in [5, 5.41) is 8.88. The van der Waals surface area contributed by atoms with E-state index in [2.05, 4.69) is 56.9 Å². The number of benzene rings is 1. The Kier molecular flexibility index (Phi) is 6.56. The van der Waals surface area contributed by atoms with E-state index in [0.717, 1.165) is 18.7 Å². The lowest BCUT2D eigenvalue weighted by molar-refractivity contribution is -0.136. The molecule has 0 atom stereocenters. The first-order valence-corrected chi connectivity index (χ1v) is 7.47. The maximum atomic E-state index is 10.8. The topological polar surface area (TPSA) is 40.5 Å². The predicted octanol–water partition coefficient (Wildman–Crippen LogP) is 4.14. The van der Waals surface area contributed by atoms with E-state index >= 15 is 0 Å². The molecule has 0 heterocycles. The van der Waals surface area contributed by atoms with Gasteiger partial charge in [-0.15, -0.1) is 0 Å². The Bertz CT molecular complexity index is 410. The summed E-state index contributed by atoms with van der Waals surface area (Å²) in [5.74, 6) is 0.405. The molecule has 0 aliphatic carbocycles. The number of hydrogen-bond donors (Lipinski definition) is 1. The Morgan fingerprint density at radius 1 is 1.10 bits per heavy atom. The highest BCUT2D eigenvalue weighted by molar-refractivity contribution is 5.67. The van der Waals surface area contributed by atoms with Gasteiger partial charge >= 0.3 is 5.97 Å². The summed E-state index contributed by atoms with van der Waals surface area (Å²) in [6, 6.07) is 8.50. The maximum absolute atomic E-state index is 10.8. The SMILES string of the molecule is CC(C)CCN(CCC(=O)O)c1ccc(C(C)C)cc1. The van der Waals surface area contributed by atoms with Crippen LogP contribution in [0.25, 0.3) is 0 Å². The van der Waals surface area contributed by atoms with Crippen molar-refractivity contribution in [1.82, 2.24) is 0 Å². The van der Waals surface area contributed by atoms with Gasteiger partial charge in [0.25, 0.3) is 0 Å². The van der Waals surface area contributed by atoms with Gasteiger partial charge in [-0.2, -0.15) is 0 Å². The fourth-order valence-corrected chi connectivity index (χ4v) is 2.08. The van der Waals surface area contributed by atoms with Gasteiger partial charge in [0.05, 0.1) is 6.42 Å². The van der Waals surface area contributed by atoms with Crippen LogP contribution in [0, 0.1) is 5.92 Å². The molecule has 1 aromatic rings. The van der Waals surface area contributed by atoms with Gasteiger partial charge in [-0.1, -0.05) is 39.8 Å². The monoisotopic (exact) mass is 277 g/mol. The average Bonchev–Trinajstić information content (AvgIpc) is 2.38. The molecule has 0 fully saturated rings. The van der Waals surface area contributed by atoms with Crippen molar-refractivity contribution in [2.75, 3.05) is 18.0 Å². The molecule has 20 heavy (non-hydrogen) atoms. The van der Waals surface area contributed by atoms with Gasteiger partial charge in [0.1, 0.15) is 0 Å². The smallest absolute Gasteiger partial charge is 0.305 e. The molecule has 1 N–H and O–H groups in total. The number of carboxylic acid groups (broad SMARTS) is 1. The van der Waals surface area contributed by atoms with Crippen LogP contribution in [0.1, 0.15) is 52.0 Å². The van der Waals surface area contributed by atoms with Crippen molar-refractivity contribution in [3.8, 4) is 0 Å². The normalized spacial score (nSPS) is 11.1. The second-order valence-corrected chi connectivity index (χ2v) is 6.06. The zero-order valence-corrected chi connectivity index (χ0v) is 13.1. The van der Waals surface area contributed by atoms with Gasteiger partial charge in [0.15, 0.2) is 0 Å². The molecule has 0 aliphatic heterocycles. The molecule has 0 saturated carbocycles. The van der Waals surface area contributed by atoms with E-state index in [1.54, 1.807) is 0 Å². The fraction of sp³-hybridized carbons (Fsp3) is 0.588. The minimum absolute atomic E-state index is 0.185. The number of rotatable bonds is 8. The Balaban J connectivity index is 2.76. The molecular formula is C17H27NO2. The molecule has 0 amide bonds. The van der Waals surface area contributed by atoms with E-state index in [1.165, 1.54) is 5.56 Å². The summed E-state index contributed by atoms with van der Waals surface area (Å²) in [5.41, 5.74) is 2.44. The second-order valence-electron chi connectivity index (χ2n) is 6.06. The van der Waals surface area contributed by atoms with Crippen molar-refractivity contribution >= 4 is 11.7 Å². The van der Waals surface area contributed by atoms with E-state index in [9.17, 15) is 4.79 Å². The van der Waals surface area contributed by atoms with Crippen LogP contribution in [0.15, 0.2) is 24.3 Å². The predicted molar refractivity (Wildman–Crippen MR) is 84.5 cm³/mol. The van der Waals surface area contributed by atoms with Crippen LogP contribution in [-0.2, 0) is 4.79 Å². The van der Waals surface area contributed by atoms with Gasteiger partial charge in [-0.25, -0.2) is 0 Å². The number of carboxylic acids is 1. The van der Waals surface area contributed by atoms with E-state index in [4.69, 9.17) is 5.11 Å². The molecular weight excluding hydrogens is 250 g/mol. The standard InChI is InChI=1S/C17H27NO2/c1-13(2)9-11-18(12-10-17(19)20)16-7-5-15(6-8-16)14(3)4/h5-8,13-14H,9-12H2,1-4H3,(H,19,20). The van der Waals surface area contributed by atoms with Crippen molar-refractivity contribution in [3.05, 3.63) is 29.8 Å². The van der Waals surface area contributed by atoms with Crippen molar-refractivity contribution in [3.63, 3.8) is 0 Å². The van der Waals surface area contributed by atoms with Crippen LogP contribution in [0.3, 0.4) is 0 Å². The molecule has 112 valence electrons. The van der Waals surface area contributed by atoms with E-state index in [-0.39, 0.29) is 6.42 Å².